The molecule has 4 nitrogen and oxygen atoms in total. The van der Waals surface area contributed by atoms with E-state index in [9.17, 15) is 0 Å². The highest BCUT2D eigenvalue weighted by Gasteiger charge is 2.27. The van der Waals surface area contributed by atoms with Gasteiger partial charge in [0.25, 0.3) is 0 Å². The van der Waals surface area contributed by atoms with Gasteiger partial charge in [0, 0.05) is 6.54 Å². The Balaban J connectivity index is 3.08. The van der Waals surface area contributed by atoms with E-state index in [1.54, 1.807) is 7.11 Å². The highest BCUT2D eigenvalue weighted by Crippen LogP contribution is 2.34. The fourth-order valence-corrected chi connectivity index (χ4v) is 2.92. The van der Waals surface area contributed by atoms with Gasteiger partial charge < -0.3 is 10.1 Å². The molecule has 0 aromatic carbocycles. The number of ether oxygens (including phenoxy) is 1. The summed E-state index contributed by atoms with van der Waals surface area (Å²) in [5, 5.41) is 7.91. The summed E-state index contributed by atoms with van der Waals surface area (Å²) < 4.78 is 7.55. The van der Waals surface area contributed by atoms with Crippen LogP contribution in [0.2, 0.25) is 0 Å². The van der Waals surface area contributed by atoms with Crippen LogP contribution in [0.1, 0.15) is 58.2 Å². The molecule has 0 bridgehead atoms. The van der Waals surface area contributed by atoms with Crippen LogP contribution < -0.4 is 10.1 Å². The van der Waals surface area contributed by atoms with Gasteiger partial charge in [0.15, 0.2) is 5.75 Å². The highest BCUT2D eigenvalue weighted by molar-refractivity contribution is 5.29. The normalized spacial score (nSPS) is 12.9. The predicted octanol–water partition coefficient (Wildman–Crippen LogP) is 3.39. The maximum absolute atomic E-state index is 5.49. The summed E-state index contributed by atoms with van der Waals surface area (Å²) in [6, 6.07) is 0.317. The fraction of sp³-hybridized carbons (Fsp3) is 0.800. The molecule has 0 fully saturated rings. The van der Waals surface area contributed by atoms with Crippen LogP contribution in [0.25, 0.3) is 0 Å². The Morgan fingerprint density at radius 3 is 2.32 bits per heavy atom. The third-order valence-electron chi connectivity index (χ3n) is 3.76. The number of hydrogen-bond donors (Lipinski definition) is 1. The van der Waals surface area contributed by atoms with Crippen LogP contribution in [0.15, 0.2) is 6.20 Å². The van der Waals surface area contributed by atoms with E-state index in [0.717, 1.165) is 12.3 Å². The highest BCUT2D eigenvalue weighted by atomic mass is 16.5. The molecule has 1 aromatic heterocycles. The van der Waals surface area contributed by atoms with Crippen LogP contribution in [0.4, 0.5) is 0 Å². The molecule has 4 heteroatoms. The van der Waals surface area contributed by atoms with Crippen LogP contribution in [0.5, 0.6) is 5.75 Å². The quantitative estimate of drug-likeness (QED) is 0.745. The molecule has 0 aliphatic rings. The van der Waals surface area contributed by atoms with E-state index in [2.05, 4.69) is 35.9 Å². The zero-order chi connectivity index (χ0) is 14.3. The molecule has 19 heavy (non-hydrogen) atoms. The second-order valence-corrected chi connectivity index (χ2v) is 5.02. The molecular formula is C15H29N3O. The number of rotatable bonds is 9. The van der Waals surface area contributed by atoms with Crippen molar-refractivity contribution in [1.82, 2.24) is 15.1 Å². The molecule has 0 saturated carbocycles. The minimum absolute atomic E-state index is 0.317. The topological polar surface area (TPSA) is 39.1 Å². The molecule has 1 heterocycles. The van der Waals surface area contributed by atoms with Gasteiger partial charge in [-0.2, -0.15) is 5.10 Å². The number of methoxy groups -OCH3 is 1. The van der Waals surface area contributed by atoms with Crippen LogP contribution in [0.3, 0.4) is 0 Å². The largest absolute Gasteiger partial charge is 0.493 e. The first-order chi connectivity index (χ1) is 9.23. The van der Waals surface area contributed by atoms with Crippen molar-refractivity contribution in [3.63, 3.8) is 0 Å². The first-order valence-corrected chi connectivity index (χ1v) is 7.50. The summed E-state index contributed by atoms with van der Waals surface area (Å²) in [4.78, 5) is 0. The number of aromatic nitrogens is 2. The zero-order valence-electron chi connectivity index (χ0n) is 13.1. The van der Waals surface area contributed by atoms with Gasteiger partial charge in [0.2, 0.25) is 0 Å². The lowest BCUT2D eigenvalue weighted by Crippen LogP contribution is -2.28. The van der Waals surface area contributed by atoms with Crippen molar-refractivity contribution >= 4 is 0 Å². The second-order valence-electron chi connectivity index (χ2n) is 5.02. The lowest BCUT2D eigenvalue weighted by atomic mass is 9.88. The van der Waals surface area contributed by atoms with Crippen molar-refractivity contribution in [3.8, 4) is 5.75 Å². The number of aryl methyl sites for hydroxylation is 1. The van der Waals surface area contributed by atoms with E-state index in [4.69, 9.17) is 4.74 Å². The van der Waals surface area contributed by atoms with E-state index < -0.39 is 0 Å². The third-order valence-corrected chi connectivity index (χ3v) is 3.76. The lowest BCUT2D eigenvalue weighted by molar-refractivity contribution is 0.303. The Labute approximate surface area is 117 Å². The summed E-state index contributed by atoms with van der Waals surface area (Å²) >= 11 is 0. The van der Waals surface area contributed by atoms with Crippen molar-refractivity contribution < 1.29 is 4.74 Å². The van der Waals surface area contributed by atoms with Crippen molar-refractivity contribution in [2.24, 2.45) is 5.92 Å². The van der Waals surface area contributed by atoms with Gasteiger partial charge >= 0.3 is 0 Å². The smallest absolute Gasteiger partial charge is 0.161 e. The number of nitrogens with one attached hydrogen (secondary N) is 1. The standard InChI is InChI=1S/C15H29N3O/c1-6-9-12(10-7-2)14(16-4)15-13(19-5)11-17-18(15)8-3/h11-12,14,16H,6-10H2,1-5H3. The molecule has 1 N–H and O–H groups in total. The Morgan fingerprint density at radius 1 is 1.26 bits per heavy atom. The third kappa shape index (κ3) is 3.72. The minimum Gasteiger partial charge on any atom is -0.493 e. The van der Waals surface area contributed by atoms with E-state index >= 15 is 0 Å². The van der Waals surface area contributed by atoms with E-state index in [1.165, 1.54) is 31.4 Å². The molecule has 0 spiro atoms. The van der Waals surface area contributed by atoms with E-state index in [1.807, 2.05) is 13.2 Å². The van der Waals surface area contributed by atoms with Gasteiger partial charge in [-0.1, -0.05) is 26.7 Å². The van der Waals surface area contributed by atoms with Crippen molar-refractivity contribution in [2.75, 3.05) is 14.2 Å². The molecule has 1 aromatic rings. The van der Waals surface area contributed by atoms with Crippen LogP contribution in [0, 0.1) is 5.92 Å². The molecule has 1 unspecified atom stereocenters. The van der Waals surface area contributed by atoms with Crippen molar-refractivity contribution in [1.29, 1.82) is 0 Å². The van der Waals surface area contributed by atoms with Gasteiger partial charge in [-0.05, 0) is 32.7 Å². The summed E-state index contributed by atoms with van der Waals surface area (Å²) in [5.74, 6) is 1.54. The number of hydrogen-bond acceptors (Lipinski definition) is 3. The lowest BCUT2D eigenvalue weighted by Gasteiger charge is -2.27. The Morgan fingerprint density at radius 2 is 1.89 bits per heavy atom. The molecule has 1 rings (SSSR count). The Hall–Kier alpha value is -1.03. The molecule has 0 radical (unpaired) electrons. The first kappa shape index (κ1) is 16.0. The molecule has 0 aliphatic heterocycles. The average Bonchev–Trinajstić information content (AvgIpc) is 2.83. The average molecular weight is 267 g/mol. The maximum Gasteiger partial charge on any atom is 0.161 e. The maximum atomic E-state index is 5.49. The number of nitrogens with zero attached hydrogens (tertiary/aromatic N) is 2. The fourth-order valence-electron chi connectivity index (χ4n) is 2.92. The van der Waals surface area contributed by atoms with Crippen molar-refractivity contribution in [3.05, 3.63) is 11.9 Å². The SMILES string of the molecule is CCCC(CCC)C(NC)c1c(OC)cnn1CC. The van der Waals surface area contributed by atoms with Crippen LogP contribution >= 0.6 is 0 Å². The van der Waals surface area contributed by atoms with Crippen LogP contribution in [-0.2, 0) is 6.54 Å². The molecule has 0 aliphatic carbocycles. The van der Waals surface area contributed by atoms with E-state index in [-0.39, 0.29) is 0 Å². The van der Waals surface area contributed by atoms with E-state index in [0.29, 0.717) is 12.0 Å². The summed E-state index contributed by atoms with van der Waals surface area (Å²) in [5.41, 5.74) is 1.19. The van der Waals surface area contributed by atoms with Gasteiger partial charge in [-0.25, -0.2) is 0 Å². The summed E-state index contributed by atoms with van der Waals surface area (Å²) in [7, 11) is 3.76. The van der Waals surface area contributed by atoms with Crippen molar-refractivity contribution in [2.45, 2.75) is 59.0 Å². The summed E-state index contributed by atoms with van der Waals surface area (Å²) in [6.45, 7) is 7.51. The van der Waals surface area contributed by atoms with Gasteiger partial charge in [-0.15, -0.1) is 0 Å². The van der Waals surface area contributed by atoms with Gasteiger partial charge in [-0.3, -0.25) is 4.68 Å². The molecule has 110 valence electrons. The van der Waals surface area contributed by atoms with Gasteiger partial charge in [0.05, 0.1) is 25.0 Å². The van der Waals surface area contributed by atoms with Gasteiger partial charge in [0.1, 0.15) is 0 Å². The summed E-state index contributed by atoms with van der Waals surface area (Å²) in [6.07, 6.45) is 6.73. The molecule has 0 saturated heterocycles. The minimum atomic E-state index is 0.317. The molecule has 0 amide bonds. The molecular weight excluding hydrogens is 238 g/mol. The second kappa shape index (κ2) is 8.20. The zero-order valence-corrected chi connectivity index (χ0v) is 13.1. The predicted molar refractivity (Wildman–Crippen MR) is 79.6 cm³/mol. The Kier molecular flexibility index (Phi) is 6.92. The molecule has 1 atom stereocenters. The Bertz CT molecular complexity index is 335. The monoisotopic (exact) mass is 267 g/mol. The first-order valence-electron chi connectivity index (χ1n) is 7.50. The van der Waals surface area contributed by atoms with Crippen LogP contribution in [-0.4, -0.2) is 23.9 Å².